The first kappa shape index (κ1) is 22.4. The van der Waals surface area contributed by atoms with Crippen molar-refractivity contribution in [2.45, 2.75) is 26.1 Å². The van der Waals surface area contributed by atoms with Gasteiger partial charge in [-0.15, -0.1) is 0 Å². The molecule has 0 fully saturated rings. The minimum Gasteiger partial charge on any atom is -0.463 e. The Bertz CT molecular complexity index is 763. The molecule has 28 heavy (non-hydrogen) atoms. The molecule has 0 radical (unpaired) electrons. The zero-order valence-electron chi connectivity index (χ0n) is 16.3. The number of aliphatic hydroxyl groups excluding tert-OH is 1. The number of hydrogen-bond acceptors (Lipinski definition) is 7. The summed E-state index contributed by atoms with van der Waals surface area (Å²) in [5.41, 5.74) is 8.17. The van der Waals surface area contributed by atoms with Crippen LogP contribution in [0.4, 0.5) is 0 Å². The molecule has 0 bridgehead atoms. The van der Waals surface area contributed by atoms with Crippen molar-refractivity contribution >= 4 is 17.6 Å². The third-order valence-electron chi connectivity index (χ3n) is 4.41. The van der Waals surface area contributed by atoms with Gasteiger partial charge in [0.05, 0.1) is 31.1 Å². The highest BCUT2D eigenvalue weighted by Gasteiger charge is 2.39. The number of aliphatic hydroxyl groups is 1. The predicted molar refractivity (Wildman–Crippen MR) is 107 cm³/mol. The van der Waals surface area contributed by atoms with Crippen LogP contribution in [0, 0.1) is 0 Å². The van der Waals surface area contributed by atoms with E-state index in [2.05, 4.69) is 5.32 Å². The number of halogens is 1. The molecule has 8 heteroatoms. The monoisotopic (exact) mass is 410 g/mol. The Morgan fingerprint density at radius 2 is 2.11 bits per heavy atom. The zero-order valence-corrected chi connectivity index (χ0v) is 17.1. The van der Waals surface area contributed by atoms with Crippen LogP contribution in [0.1, 0.15) is 25.3 Å². The number of dihydropyridines is 1. The number of carbonyl (C=O) groups excluding carboxylic acids is 1. The fraction of sp³-hybridized carbons (Fsp3) is 0.450. The molecule has 2 atom stereocenters. The van der Waals surface area contributed by atoms with Gasteiger partial charge in [0.25, 0.3) is 0 Å². The smallest absolute Gasteiger partial charge is 0.336 e. The van der Waals surface area contributed by atoms with Gasteiger partial charge in [-0.2, -0.15) is 0 Å². The Hall–Kier alpha value is -1.90. The molecule has 1 aromatic rings. The lowest BCUT2D eigenvalue weighted by Gasteiger charge is -2.34. The second-order valence-corrected chi connectivity index (χ2v) is 6.61. The summed E-state index contributed by atoms with van der Waals surface area (Å²) in [6, 6.07) is 7.17. The van der Waals surface area contributed by atoms with Gasteiger partial charge in [0, 0.05) is 35.9 Å². The van der Waals surface area contributed by atoms with E-state index >= 15 is 0 Å². The van der Waals surface area contributed by atoms with E-state index in [1.54, 1.807) is 26.0 Å². The summed E-state index contributed by atoms with van der Waals surface area (Å²) >= 11 is 6.45. The van der Waals surface area contributed by atoms with E-state index < -0.39 is 18.2 Å². The van der Waals surface area contributed by atoms with Gasteiger partial charge in [-0.05, 0) is 25.5 Å². The summed E-state index contributed by atoms with van der Waals surface area (Å²) in [6.45, 7) is 4.58. The van der Waals surface area contributed by atoms with E-state index in [0.29, 0.717) is 46.3 Å². The van der Waals surface area contributed by atoms with E-state index in [4.69, 9.17) is 31.5 Å². The third kappa shape index (κ3) is 4.92. The van der Waals surface area contributed by atoms with E-state index in [1.165, 1.54) is 7.11 Å². The Morgan fingerprint density at radius 3 is 2.71 bits per heavy atom. The molecule has 0 spiro atoms. The molecule has 1 aliphatic rings. The lowest BCUT2D eigenvalue weighted by Crippen LogP contribution is -2.36. The van der Waals surface area contributed by atoms with Crippen LogP contribution in [0.2, 0.25) is 5.02 Å². The summed E-state index contributed by atoms with van der Waals surface area (Å²) in [4.78, 5) is 12.9. The van der Waals surface area contributed by atoms with Gasteiger partial charge in [0.15, 0.2) is 6.29 Å². The largest absolute Gasteiger partial charge is 0.463 e. The number of nitrogens with two attached hydrogens (primary N) is 1. The fourth-order valence-corrected chi connectivity index (χ4v) is 3.47. The normalized spacial score (nSPS) is 18.1. The first-order valence-electron chi connectivity index (χ1n) is 9.07. The zero-order chi connectivity index (χ0) is 20.7. The fourth-order valence-electron chi connectivity index (χ4n) is 3.22. The highest BCUT2D eigenvalue weighted by molar-refractivity contribution is 6.31. The summed E-state index contributed by atoms with van der Waals surface area (Å²) < 4.78 is 16.0. The number of ether oxygens (including phenoxy) is 3. The van der Waals surface area contributed by atoms with E-state index in [-0.39, 0.29) is 13.2 Å². The van der Waals surface area contributed by atoms with Crippen molar-refractivity contribution in [2.24, 2.45) is 5.73 Å². The molecule has 1 heterocycles. The number of carbonyl (C=O) groups is 1. The van der Waals surface area contributed by atoms with Crippen molar-refractivity contribution in [1.82, 2.24) is 5.32 Å². The van der Waals surface area contributed by atoms with Gasteiger partial charge < -0.3 is 30.4 Å². The minimum absolute atomic E-state index is 0.139. The molecule has 4 N–H and O–H groups in total. The Labute approximate surface area is 170 Å². The minimum atomic E-state index is -1.23. The molecule has 1 aromatic carbocycles. The molecule has 0 saturated carbocycles. The summed E-state index contributed by atoms with van der Waals surface area (Å²) in [5.74, 6) is -1.17. The van der Waals surface area contributed by atoms with Gasteiger partial charge in [-0.25, -0.2) is 4.79 Å². The topological polar surface area (TPSA) is 103 Å². The number of esters is 1. The summed E-state index contributed by atoms with van der Waals surface area (Å²) in [5, 5.41) is 14.1. The van der Waals surface area contributed by atoms with Crippen molar-refractivity contribution in [3.05, 3.63) is 57.4 Å². The third-order valence-corrected chi connectivity index (χ3v) is 4.75. The highest BCUT2D eigenvalue weighted by atomic mass is 35.5. The molecule has 2 unspecified atom stereocenters. The van der Waals surface area contributed by atoms with Crippen molar-refractivity contribution in [3.63, 3.8) is 0 Å². The molecule has 154 valence electrons. The average molecular weight is 411 g/mol. The maximum Gasteiger partial charge on any atom is 0.336 e. The van der Waals surface area contributed by atoms with E-state index in [1.807, 2.05) is 12.1 Å². The molecular weight excluding hydrogens is 384 g/mol. The van der Waals surface area contributed by atoms with Crippen LogP contribution < -0.4 is 11.1 Å². The molecule has 1 aliphatic heterocycles. The van der Waals surface area contributed by atoms with Crippen molar-refractivity contribution in [1.29, 1.82) is 0 Å². The van der Waals surface area contributed by atoms with Crippen molar-refractivity contribution < 1.29 is 24.1 Å². The Morgan fingerprint density at radius 1 is 1.39 bits per heavy atom. The van der Waals surface area contributed by atoms with Crippen LogP contribution in [0.3, 0.4) is 0 Å². The van der Waals surface area contributed by atoms with Gasteiger partial charge in [0.1, 0.15) is 0 Å². The number of methoxy groups -OCH3 is 1. The Balaban J connectivity index is 2.66. The Kier molecular flexibility index (Phi) is 8.47. The van der Waals surface area contributed by atoms with Crippen LogP contribution in [0.15, 0.2) is 46.8 Å². The lowest BCUT2D eigenvalue weighted by atomic mass is 9.80. The first-order valence-corrected chi connectivity index (χ1v) is 9.44. The van der Waals surface area contributed by atoms with Gasteiger partial charge in [-0.1, -0.05) is 29.8 Å². The van der Waals surface area contributed by atoms with Crippen LogP contribution in [0.5, 0.6) is 0 Å². The summed E-state index contributed by atoms with van der Waals surface area (Å²) in [7, 11) is 1.39. The number of rotatable bonds is 9. The quantitative estimate of drug-likeness (QED) is 0.325. The molecule has 0 amide bonds. The van der Waals surface area contributed by atoms with E-state index in [0.717, 1.165) is 0 Å². The van der Waals surface area contributed by atoms with Crippen LogP contribution >= 0.6 is 11.6 Å². The molecule has 2 rings (SSSR count). The van der Waals surface area contributed by atoms with Crippen LogP contribution in [0.25, 0.3) is 0 Å². The molecule has 0 aromatic heterocycles. The first-order chi connectivity index (χ1) is 13.5. The standard InChI is InChI=1S/C20H27ClN2O5/c1-4-28-20(25)18-15(11-27-10-9-22)23-12(2)16(19(24)26-3)17(18)13-7-5-6-8-14(13)21/h5-8,17,19,23-24H,4,9-11,22H2,1-3H3. The van der Waals surface area contributed by atoms with Crippen molar-refractivity contribution in [3.8, 4) is 0 Å². The average Bonchev–Trinajstić information content (AvgIpc) is 2.67. The predicted octanol–water partition coefficient (Wildman–Crippen LogP) is 2.06. The number of allylic oxidation sites excluding steroid dienone is 1. The maximum absolute atomic E-state index is 12.9. The maximum atomic E-state index is 12.9. The van der Waals surface area contributed by atoms with Gasteiger partial charge in [0.2, 0.25) is 0 Å². The second-order valence-electron chi connectivity index (χ2n) is 6.20. The highest BCUT2D eigenvalue weighted by Crippen LogP contribution is 2.42. The molecule has 7 nitrogen and oxygen atoms in total. The number of benzene rings is 1. The second kappa shape index (κ2) is 10.6. The SMILES string of the molecule is CCOC(=O)C1=C(COCCN)NC(C)=C(C(O)OC)C1c1ccccc1Cl. The van der Waals surface area contributed by atoms with Crippen LogP contribution in [-0.4, -0.2) is 50.8 Å². The van der Waals surface area contributed by atoms with Crippen molar-refractivity contribution in [2.75, 3.05) is 33.5 Å². The van der Waals surface area contributed by atoms with Gasteiger partial charge >= 0.3 is 5.97 Å². The molecule has 0 saturated heterocycles. The molecular formula is C20H27ClN2O5. The molecule has 0 aliphatic carbocycles. The van der Waals surface area contributed by atoms with E-state index in [9.17, 15) is 9.90 Å². The lowest BCUT2D eigenvalue weighted by molar-refractivity contribution is -0.139. The number of nitrogens with one attached hydrogen (secondary N) is 1. The van der Waals surface area contributed by atoms with Crippen LogP contribution in [-0.2, 0) is 19.0 Å². The number of hydrogen-bond donors (Lipinski definition) is 3. The summed E-state index contributed by atoms with van der Waals surface area (Å²) in [6.07, 6.45) is -1.23. The van der Waals surface area contributed by atoms with Gasteiger partial charge in [-0.3, -0.25) is 0 Å².